The fourth-order valence-corrected chi connectivity index (χ4v) is 8.89. The maximum Gasteiger partial charge on any atom is 0.287 e. The second-order valence-corrected chi connectivity index (χ2v) is 15.4. The largest absolute Gasteiger partial charge is 0.378 e. The van der Waals surface area contributed by atoms with Crippen LogP contribution in [-0.4, -0.2) is 81.6 Å². The van der Waals surface area contributed by atoms with Crippen LogP contribution in [0, 0.1) is 5.41 Å². The van der Waals surface area contributed by atoms with E-state index in [0.29, 0.717) is 24.4 Å². The highest BCUT2D eigenvalue weighted by molar-refractivity contribution is 6.32. The molecule has 3 atom stereocenters. The Morgan fingerprint density at radius 3 is 2.30 bits per heavy atom. The Labute approximate surface area is 297 Å². The molecular weight excluding hydrogens is 654 g/mol. The summed E-state index contributed by atoms with van der Waals surface area (Å²) in [7, 11) is 3.68. The first-order chi connectivity index (χ1) is 24.1. The second kappa shape index (κ2) is 14.3. The molecule has 4 aliphatic rings. The van der Waals surface area contributed by atoms with Gasteiger partial charge in [-0.1, -0.05) is 29.8 Å². The normalized spacial score (nSPS) is 24.6. The summed E-state index contributed by atoms with van der Waals surface area (Å²) in [6.07, 6.45) is 11.7. The molecule has 1 unspecified atom stereocenters. The van der Waals surface area contributed by atoms with E-state index in [0.717, 1.165) is 87.9 Å². The molecule has 3 amide bonds. The van der Waals surface area contributed by atoms with Gasteiger partial charge in [-0.15, -0.1) is 0 Å². The van der Waals surface area contributed by atoms with Crippen molar-refractivity contribution in [3.05, 3.63) is 86.6 Å². The molecule has 50 heavy (non-hydrogen) atoms. The van der Waals surface area contributed by atoms with Crippen LogP contribution in [-0.2, 0) is 16.6 Å². The van der Waals surface area contributed by atoms with Crippen LogP contribution in [0.1, 0.15) is 103 Å². The fourth-order valence-electron chi connectivity index (χ4n) is 8.66. The van der Waals surface area contributed by atoms with Gasteiger partial charge >= 0.3 is 0 Å². The van der Waals surface area contributed by atoms with Gasteiger partial charge in [0.15, 0.2) is 0 Å². The average molecular weight is 700 g/mol. The first-order valence-electron chi connectivity index (χ1n) is 17.9. The van der Waals surface area contributed by atoms with E-state index in [1.807, 2.05) is 29.3 Å². The van der Waals surface area contributed by atoms with Crippen molar-refractivity contribution in [1.82, 2.24) is 29.9 Å². The van der Waals surface area contributed by atoms with Crippen LogP contribution < -0.4 is 16.2 Å². The van der Waals surface area contributed by atoms with Crippen molar-refractivity contribution in [3.63, 3.8) is 0 Å². The Hall–Kier alpha value is -4.09. The maximum atomic E-state index is 13.6. The third kappa shape index (κ3) is 7.21. The predicted molar refractivity (Wildman–Crippen MR) is 191 cm³/mol. The number of pyridine rings is 1. The molecule has 2 aromatic heterocycles. The van der Waals surface area contributed by atoms with Gasteiger partial charge in [-0.2, -0.15) is 5.10 Å². The summed E-state index contributed by atoms with van der Waals surface area (Å²) in [6, 6.07) is 12.3. The summed E-state index contributed by atoms with van der Waals surface area (Å²) in [4.78, 5) is 58.7. The number of carbonyl (C=O) groups excluding carboxylic acids is 3. The van der Waals surface area contributed by atoms with Crippen molar-refractivity contribution in [2.45, 2.75) is 81.6 Å². The highest BCUT2D eigenvalue weighted by atomic mass is 35.5. The topological polar surface area (TPSA) is 130 Å². The number of hydrogen-bond acceptors (Lipinski definition) is 8. The molecule has 12 heteroatoms. The lowest BCUT2D eigenvalue weighted by Crippen LogP contribution is -2.44. The van der Waals surface area contributed by atoms with Crippen LogP contribution in [0.25, 0.3) is 0 Å². The van der Waals surface area contributed by atoms with Crippen LogP contribution in [0.2, 0.25) is 5.02 Å². The van der Waals surface area contributed by atoms with Gasteiger partial charge in [0.25, 0.3) is 11.5 Å². The number of nitrogens with zero attached hydrogens (tertiary/aromatic N) is 5. The number of likely N-dealkylation sites (N-methyl/N-ethyl adjacent to an activating group) is 1. The third-order valence-corrected chi connectivity index (χ3v) is 12.1. The summed E-state index contributed by atoms with van der Waals surface area (Å²) < 4.78 is 1.23. The van der Waals surface area contributed by atoms with Gasteiger partial charge in [0, 0.05) is 69.1 Å². The molecule has 4 fully saturated rings. The van der Waals surface area contributed by atoms with Gasteiger partial charge in [-0.3, -0.25) is 29.5 Å². The van der Waals surface area contributed by atoms with E-state index in [1.54, 1.807) is 13.2 Å². The van der Waals surface area contributed by atoms with E-state index >= 15 is 0 Å². The Balaban J connectivity index is 0.901. The minimum Gasteiger partial charge on any atom is -0.378 e. The van der Waals surface area contributed by atoms with Crippen LogP contribution in [0.5, 0.6) is 0 Å². The van der Waals surface area contributed by atoms with Crippen molar-refractivity contribution < 1.29 is 14.4 Å². The van der Waals surface area contributed by atoms with Crippen molar-refractivity contribution in [2.75, 3.05) is 38.5 Å². The molecule has 1 saturated carbocycles. The first-order valence-corrected chi connectivity index (χ1v) is 18.3. The summed E-state index contributed by atoms with van der Waals surface area (Å²) in [6.45, 7) is 3.30. The molecule has 3 aromatic rings. The number of piperidine rings is 3. The van der Waals surface area contributed by atoms with E-state index in [9.17, 15) is 19.2 Å². The SMILES string of the molecule is CN1C[C@@H](Nc2cnn(C)c(=O)c2Cl)C[C@@H](c2ccc(C(=O)N3CCC4(CCC(c5ccc(C6CCC(=O)NC6=O)cn5)CC4)CC3)cc2)C1. The van der Waals surface area contributed by atoms with E-state index < -0.39 is 0 Å². The lowest BCUT2D eigenvalue weighted by molar-refractivity contribution is -0.134. The van der Waals surface area contributed by atoms with Crippen molar-refractivity contribution in [1.29, 1.82) is 0 Å². The Kier molecular flexibility index (Phi) is 9.80. The molecule has 264 valence electrons. The molecule has 0 bridgehead atoms. The summed E-state index contributed by atoms with van der Waals surface area (Å²) in [5.41, 5.74) is 4.42. The fraction of sp³-hybridized carbons (Fsp3) is 0.526. The molecule has 1 aliphatic carbocycles. The van der Waals surface area contributed by atoms with Gasteiger partial charge in [-0.25, -0.2) is 4.68 Å². The summed E-state index contributed by atoms with van der Waals surface area (Å²) in [5.74, 6) is 0.0601. The molecule has 3 aliphatic heterocycles. The van der Waals surface area contributed by atoms with Crippen molar-refractivity contribution in [3.8, 4) is 0 Å². The van der Waals surface area contributed by atoms with Crippen LogP contribution in [0.15, 0.2) is 53.6 Å². The number of amides is 3. The number of imide groups is 1. The molecule has 5 heterocycles. The van der Waals surface area contributed by atoms with Crippen LogP contribution in [0.3, 0.4) is 0 Å². The zero-order chi connectivity index (χ0) is 35.0. The third-order valence-electron chi connectivity index (χ3n) is 11.7. The van der Waals surface area contributed by atoms with E-state index in [1.165, 1.54) is 10.2 Å². The van der Waals surface area contributed by atoms with E-state index in [-0.39, 0.29) is 51.6 Å². The summed E-state index contributed by atoms with van der Waals surface area (Å²) in [5, 5.41) is 10.1. The monoisotopic (exact) mass is 699 g/mol. The van der Waals surface area contributed by atoms with Gasteiger partial charge in [0.05, 0.1) is 17.8 Å². The lowest BCUT2D eigenvalue weighted by atomic mass is 9.65. The van der Waals surface area contributed by atoms with Gasteiger partial charge < -0.3 is 15.1 Å². The van der Waals surface area contributed by atoms with Crippen molar-refractivity contribution in [2.24, 2.45) is 12.5 Å². The van der Waals surface area contributed by atoms with Crippen LogP contribution in [0.4, 0.5) is 5.69 Å². The number of likely N-dealkylation sites (tertiary alicyclic amines) is 2. The number of hydrogen-bond donors (Lipinski definition) is 2. The quantitative estimate of drug-likeness (QED) is 0.350. The van der Waals surface area contributed by atoms with Gasteiger partial charge in [0.2, 0.25) is 11.8 Å². The molecule has 7 rings (SSSR count). The molecule has 0 radical (unpaired) electrons. The lowest BCUT2D eigenvalue weighted by Gasteiger charge is -2.46. The molecular formula is C38H46ClN7O4. The molecule has 1 aromatic carbocycles. The highest BCUT2D eigenvalue weighted by Crippen LogP contribution is 2.49. The predicted octanol–water partition coefficient (Wildman–Crippen LogP) is 4.83. The second-order valence-electron chi connectivity index (χ2n) is 15.0. The zero-order valence-corrected chi connectivity index (χ0v) is 29.6. The number of benzene rings is 1. The van der Waals surface area contributed by atoms with Crippen molar-refractivity contribution >= 4 is 35.0 Å². The minimum atomic E-state index is -0.320. The minimum absolute atomic E-state index is 0.101. The smallest absolute Gasteiger partial charge is 0.287 e. The maximum absolute atomic E-state index is 13.6. The number of rotatable bonds is 6. The first kappa shape index (κ1) is 34.4. The number of carbonyl (C=O) groups is 3. The number of anilines is 1. The zero-order valence-electron chi connectivity index (χ0n) is 28.9. The number of aromatic nitrogens is 3. The number of nitrogens with one attached hydrogen (secondary N) is 2. The van der Waals surface area contributed by atoms with E-state index in [4.69, 9.17) is 16.6 Å². The standard InChI is InChI=1S/C38H46ClN7O4/c1-44-22-28(19-29(23-44)42-32-21-41-45(2)37(50)34(32)39)24-3-5-26(6-4-24)36(49)46-17-15-38(16-18-46)13-11-25(12-14-38)31-9-7-27(20-40-31)30-8-10-33(47)43-35(30)48/h3-7,9,20-21,25,28-30,42H,8,10-19,22-23H2,1-2H3,(H,43,47,48)/t28-,29+,30?/m1/s1. The molecule has 1 spiro atoms. The number of halogens is 1. The molecule has 3 saturated heterocycles. The Morgan fingerprint density at radius 1 is 0.900 bits per heavy atom. The average Bonchev–Trinajstić information content (AvgIpc) is 3.12. The van der Waals surface area contributed by atoms with E-state index in [2.05, 4.69) is 45.9 Å². The molecule has 11 nitrogen and oxygen atoms in total. The highest BCUT2D eigenvalue weighted by Gasteiger charge is 2.40. The molecule has 2 N–H and O–H groups in total. The summed E-state index contributed by atoms with van der Waals surface area (Å²) >= 11 is 6.32. The van der Waals surface area contributed by atoms with Gasteiger partial charge in [-0.05, 0) is 99.1 Å². The Morgan fingerprint density at radius 2 is 1.62 bits per heavy atom. The van der Waals surface area contributed by atoms with Gasteiger partial charge in [0.1, 0.15) is 5.02 Å². The number of aryl methyl sites for hydroxylation is 1. The van der Waals surface area contributed by atoms with Crippen LogP contribution >= 0.6 is 11.6 Å². The Bertz CT molecular complexity index is 1790.